The minimum atomic E-state index is -4.34. The van der Waals surface area contributed by atoms with Gasteiger partial charge < -0.3 is 9.84 Å². The molecule has 1 unspecified atom stereocenters. The lowest BCUT2D eigenvalue weighted by Gasteiger charge is -2.09. The summed E-state index contributed by atoms with van der Waals surface area (Å²) in [6.07, 6.45) is 2.77. The summed E-state index contributed by atoms with van der Waals surface area (Å²) in [7, 11) is 0. The van der Waals surface area contributed by atoms with Gasteiger partial charge in [-0.1, -0.05) is 18.2 Å². The van der Waals surface area contributed by atoms with Crippen LogP contribution in [0.3, 0.4) is 0 Å². The van der Waals surface area contributed by atoms with Crippen molar-refractivity contribution in [2.24, 2.45) is 5.92 Å². The molecule has 1 fully saturated rings. The maximum Gasteiger partial charge on any atom is 0.416 e. The molecule has 2 atom stereocenters. The van der Waals surface area contributed by atoms with Gasteiger partial charge in [-0.3, -0.25) is 0 Å². The highest BCUT2D eigenvalue weighted by Gasteiger charge is 2.30. The number of rotatable bonds is 5. The van der Waals surface area contributed by atoms with Gasteiger partial charge in [0, 0.05) is 0 Å². The second-order valence-electron chi connectivity index (χ2n) is 5.32. The summed E-state index contributed by atoms with van der Waals surface area (Å²) in [6, 6.07) is 4.90. The van der Waals surface area contributed by atoms with Gasteiger partial charge in [0.15, 0.2) is 0 Å². The zero-order valence-electron chi connectivity index (χ0n) is 11.6. The fraction of sp³-hybridized carbons (Fsp3) is 0.500. The van der Waals surface area contributed by atoms with Crippen molar-refractivity contribution < 1.29 is 23.0 Å². The lowest BCUT2D eigenvalue weighted by Crippen LogP contribution is -2.05. The molecule has 1 aromatic carbocycles. The number of benzene rings is 1. The summed E-state index contributed by atoms with van der Waals surface area (Å²) in [5.41, 5.74) is -0.699. The highest BCUT2D eigenvalue weighted by Crippen LogP contribution is 2.31. The Morgan fingerprint density at radius 3 is 2.76 bits per heavy atom. The number of alkyl halides is 3. The molecule has 2 rings (SSSR count). The van der Waals surface area contributed by atoms with Crippen LogP contribution >= 0.6 is 0 Å². The van der Waals surface area contributed by atoms with Crippen LogP contribution in [0, 0.1) is 5.92 Å². The summed E-state index contributed by atoms with van der Waals surface area (Å²) >= 11 is 0. The first-order chi connectivity index (χ1) is 9.95. The smallest absolute Gasteiger partial charge is 0.416 e. The number of allylic oxidation sites excluding steroid dienone is 1. The molecule has 1 aromatic rings. The Balaban J connectivity index is 1.75. The van der Waals surface area contributed by atoms with Crippen LogP contribution in [0.5, 0.6) is 5.75 Å². The fourth-order valence-electron chi connectivity index (χ4n) is 2.46. The second-order valence-corrected chi connectivity index (χ2v) is 5.32. The van der Waals surface area contributed by atoms with Gasteiger partial charge in [-0.15, -0.1) is 0 Å². The summed E-state index contributed by atoms with van der Waals surface area (Å²) in [5.74, 6) is 0.642. The largest absolute Gasteiger partial charge is 0.493 e. The first-order valence-corrected chi connectivity index (χ1v) is 7.10. The molecule has 0 spiro atoms. The predicted molar refractivity (Wildman–Crippen MR) is 74.0 cm³/mol. The van der Waals surface area contributed by atoms with Crippen molar-refractivity contribution in [3.05, 3.63) is 42.0 Å². The highest BCUT2D eigenvalue weighted by atomic mass is 19.4. The van der Waals surface area contributed by atoms with Gasteiger partial charge in [0.05, 0.1) is 18.3 Å². The molecule has 1 N–H and O–H groups in total. The molecule has 0 amide bonds. The minimum Gasteiger partial charge on any atom is -0.493 e. The third-order valence-corrected chi connectivity index (χ3v) is 3.57. The van der Waals surface area contributed by atoms with E-state index in [1.165, 1.54) is 12.1 Å². The van der Waals surface area contributed by atoms with E-state index in [4.69, 9.17) is 4.74 Å². The zero-order valence-corrected chi connectivity index (χ0v) is 11.6. The van der Waals surface area contributed by atoms with E-state index >= 15 is 0 Å². The van der Waals surface area contributed by atoms with Crippen molar-refractivity contribution in [2.75, 3.05) is 6.61 Å². The monoisotopic (exact) mass is 300 g/mol. The summed E-state index contributed by atoms with van der Waals surface area (Å²) in [4.78, 5) is 0. The molecule has 0 bridgehead atoms. The van der Waals surface area contributed by atoms with E-state index in [0.717, 1.165) is 31.4 Å². The van der Waals surface area contributed by atoms with Crippen molar-refractivity contribution in [1.82, 2.24) is 0 Å². The SMILES string of the molecule is O[C@H]1CCC(/C=C/CCOc2cccc(C(F)(F)F)c2)C1. The van der Waals surface area contributed by atoms with Crippen molar-refractivity contribution in [3.63, 3.8) is 0 Å². The van der Waals surface area contributed by atoms with Crippen LogP contribution in [0.25, 0.3) is 0 Å². The molecule has 1 saturated carbocycles. The van der Waals surface area contributed by atoms with E-state index in [0.29, 0.717) is 18.9 Å². The summed E-state index contributed by atoms with van der Waals surface area (Å²) in [5, 5.41) is 9.39. The normalized spacial score (nSPS) is 22.9. The van der Waals surface area contributed by atoms with Gasteiger partial charge >= 0.3 is 6.18 Å². The first kappa shape index (κ1) is 15.9. The fourth-order valence-corrected chi connectivity index (χ4v) is 2.46. The van der Waals surface area contributed by atoms with E-state index < -0.39 is 11.7 Å². The van der Waals surface area contributed by atoms with Gasteiger partial charge in [0.1, 0.15) is 5.75 Å². The lowest BCUT2D eigenvalue weighted by molar-refractivity contribution is -0.137. The number of aliphatic hydroxyl groups excluding tert-OH is 1. The molecule has 1 aliphatic rings. The van der Waals surface area contributed by atoms with Crippen LogP contribution in [0.15, 0.2) is 36.4 Å². The molecule has 0 saturated heterocycles. The lowest BCUT2D eigenvalue weighted by atomic mass is 10.1. The van der Waals surface area contributed by atoms with Crippen LogP contribution in [-0.4, -0.2) is 17.8 Å². The maximum absolute atomic E-state index is 12.5. The van der Waals surface area contributed by atoms with Crippen LogP contribution in [0.1, 0.15) is 31.2 Å². The van der Waals surface area contributed by atoms with Gasteiger partial charge in [0.2, 0.25) is 0 Å². The molecule has 0 radical (unpaired) electrons. The number of halogens is 3. The Morgan fingerprint density at radius 1 is 1.29 bits per heavy atom. The van der Waals surface area contributed by atoms with Gasteiger partial charge in [-0.05, 0) is 49.8 Å². The van der Waals surface area contributed by atoms with Crippen LogP contribution < -0.4 is 4.74 Å². The summed E-state index contributed by atoms with van der Waals surface area (Å²) in [6.45, 7) is 0.340. The van der Waals surface area contributed by atoms with E-state index in [-0.39, 0.29) is 11.9 Å². The second kappa shape index (κ2) is 6.98. The van der Waals surface area contributed by atoms with E-state index in [2.05, 4.69) is 6.08 Å². The van der Waals surface area contributed by atoms with Gasteiger partial charge in [-0.25, -0.2) is 0 Å². The quantitative estimate of drug-likeness (QED) is 0.652. The average molecular weight is 300 g/mol. The Kier molecular flexibility index (Phi) is 5.28. The molecule has 0 aliphatic heterocycles. The topological polar surface area (TPSA) is 29.5 Å². The number of aliphatic hydroxyl groups is 1. The van der Waals surface area contributed by atoms with E-state index in [1.54, 1.807) is 0 Å². The molecule has 2 nitrogen and oxygen atoms in total. The number of ether oxygens (including phenoxy) is 1. The molecule has 1 aliphatic carbocycles. The number of hydrogen-bond donors (Lipinski definition) is 1. The Hall–Kier alpha value is -1.49. The average Bonchev–Trinajstić information content (AvgIpc) is 2.83. The molecular formula is C16H19F3O2. The Morgan fingerprint density at radius 2 is 2.10 bits per heavy atom. The van der Waals surface area contributed by atoms with Gasteiger partial charge in [-0.2, -0.15) is 13.2 Å². The highest BCUT2D eigenvalue weighted by molar-refractivity contribution is 5.30. The standard InChI is InChI=1S/C16H19F3O2/c17-16(18,19)13-5-3-6-15(11-13)21-9-2-1-4-12-7-8-14(20)10-12/h1,3-6,11-12,14,20H,2,7-10H2/b4-1+/t12?,14-/m0/s1. The van der Waals surface area contributed by atoms with Gasteiger partial charge in [0.25, 0.3) is 0 Å². The third kappa shape index (κ3) is 5.08. The van der Waals surface area contributed by atoms with Crippen LogP contribution in [0.2, 0.25) is 0 Å². The number of hydrogen-bond acceptors (Lipinski definition) is 2. The maximum atomic E-state index is 12.5. The molecule has 0 heterocycles. The third-order valence-electron chi connectivity index (χ3n) is 3.57. The summed E-state index contributed by atoms with van der Waals surface area (Å²) < 4.78 is 42.9. The molecule has 5 heteroatoms. The van der Waals surface area contributed by atoms with Crippen molar-refractivity contribution >= 4 is 0 Å². The molecule has 21 heavy (non-hydrogen) atoms. The molecule has 116 valence electrons. The first-order valence-electron chi connectivity index (χ1n) is 7.10. The predicted octanol–water partition coefficient (Wildman–Crippen LogP) is 4.19. The Bertz CT molecular complexity index is 483. The molecular weight excluding hydrogens is 281 g/mol. The van der Waals surface area contributed by atoms with E-state index in [1.807, 2.05) is 6.08 Å². The van der Waals surface area contributed by atoms with Crippen LogP contribution in [0.4, 0.5) is 13.2 Å². The van der Waals surface area contributed by atoms with E-state index in [9.17, 15) is 18.3 Å². The zero-order chi connectivity index (χ0) is 15.3. The Labute approximate surface area is 122 Å². The minimum absolute atomic E-state index is 0.194. The van der Waals surface area contributed by atoms with Crippen molar-refractivity contribution in [1.29, 1.82) is 0 Å². The van der Waals surface area contributed by atoms with Crippen molar-refractivity contribution in [3.8, 4) is 5.75 Å². The van der Waals surface area contributed by atoms with Crippen LogP contribution in [-0.2, 0) is 6.18 Å². The van der Waals surface area contributed by atoms with Crippen molar-refractivity contribution in [2.45, 2.75) is 38.0 Å². The molecule has 0 aromatic heterocycles.